The predicted molar refractivity (Wildman–Crippen MR) is 110 cm³/mol. The molecule has 0 amide bonds. The van der Waals surface area contributed by atoms with E-state index in [-0.39, 0.29) is 0 Å². The molecule has 0 N–H and O–H groups in total. The van der Waals surface area contributed by atoms with Crippen LogP contribution in [0.5, 0.6) is 0 Å². The molecule has 0 saturated carbocycles. The Morgan fingerprint density at radius 2 is 1.71 bits per heavy atom. The van der Waals surface area contributed by atoms with Gasteiger partial charge in [-0.1, -0.05) is 6.08 Å². The molecule has 1 aliphatic carbocycles. The molecule has 0 radical (unpaired) electrons. The third-order valence-corrected chi connectivity index (χ3v) is 7.47. The van der Waals surface area contributed by atoms with Gasteiger partial charge in [0.05, 0.1) is 0 Å². The predicted octanol–water partition coefficient (Wildman–Crippen LogP) is 7.45. The topological polar surface area (TPSA) is 0 Å². The highest BCUT2D eigenvalue weighted by Gasteiger charge is 2.21. The van der Waals surface area contributed by atoms with E-state index in [1.165, 1.54) is 41.1 Å². The van der Waals surface area contributed by atoms with Gasteiger partial charge in [0.2, 0.25) is 0 Å². The Labute approximate surface area is 155 Å². The summed E-state index contributed by atoms with van der Waals surface area (Å²) < 4.78 is 0. The first-order valence-corrected chi connectivity index (χ1v) is 10.7. The highest BCUT2D eigenvalue weighted by Crippen LogP contribution is 2.42. The van der Waals surface area contributed by atoms with E-state index in [1.54, 1.807) is 0 Å². The molecule has 1 unspecified atom stereocenters. The van der Waals surface area contributed by atoms with Crippen molar-refractivity contribution in [3.05, 3.63) is 77.8 Å². The van der Waals surface area contributed by atoms with Crippen molar-refractivity contribution >= 4 is 45.2 Å². The monoisotopic (exact) mass is 368 g/mol. The van der Waals surface area contributed by atoms with Crippen LogP contribution in [0.4, 0.5) is 0 Å². The summed E-state index contributed by atoms with van der Waals surface area (Å²) in [5.74, 6) is 0.487. The van der Waals surface area contributed by atoms with Crippen LogP contribution in [-0.4, -0.2) is 0 Å². The van der Waals surface area contributed by atoms with E-state index < -0.39 is 0 Å². The van der Waals surface area contributed by atoms with Crippen molar-refractivity contribution in [2.75, 3.05) is 0 Å². The summed E-state index contributed by atoms with van der Waals surface area (Å²) in [6, 6.07) is 11.4. The Kier molecular flexibility index (Phi) is 4.33. The van der Waals surface area contributed by atoms with Crippen LogP contribution in [0.2, 0.25) is 0 Å². The Balaban J connectivity index is 1.77. The SMILES string of the molecule is Cc1cc(C2=CC(c3ccc(C)s3)CC(c3ccc(C)s3)=C2)cs1. The molecule has 122 valence electrons. The van der Waals surface area contributed by atoms with Gasteiger partial charge >= 0.3 is 0 Å². The van der Waals surface area contributed by atoms with Crippen LogP contribution in [0.1, 0.15) is 42.3 Å². The van der Waals surface area contributed by atoms with Crippen molar-refractivity contribution in [1.82, 2.24) is 0 Å². The molecular formula is C21H20S3. The van der Waals surface area contributed by atoms with E-state index in [4.69, 9.17) is 0 Å². The molecule has 0 bridgehead atoms. The molecule has 4 rings (SSSR count). The highest BCUT2D eigenvalue weighted by molar-refractivity contribution is 7.13. The molecular weight excluding hydrogens is 348 g/mol. The standard InChI is InChI=1S/C21H20S3/c1-13-4-6-20(23-13)17-9-16(19-8-15(3)22-12-19)10-18(11-17)21-7-5-14(2)24-21/h4-10,12,17H,11H2,1-3H3. The summed E-state index contributed by atoms with van der Waals surface area (Å²) in [4.78, 5) is 7.06. The zero-order chi connectivity index (χ0) is 16.7. The first-order valence-electron chi connectivity index (χ1n) is 8.19. The van der Waals surface area contributed by atoms with Gasteiger partial charge in [-0.15, -0.1) is 34.0 Å². The van der Waals surface area contributed by atoms with Crippen LogP contribution >= 0.6 is 34.0 Å². The summed E-state index contributed by atoms with van der Waals surface area (Å²) in [6.45, 7) is 6.57. The van der Waals surface area contributed by atoms with E-state index in [0.29, 0.717) is 5.92 Å². The first-order chi connectivity index (χ1) is 11.6. The molecule has 0 aliphatic heterocycles. The second-order valence-corrected chi connectivity index (χ2v) is 10.1. The lowest BCUT2D eigenvalue weighted by Gasteiger charge is -2.20. The van der Waals surface area contributed by atoms with Crippen molar-refractivity contribution in [2.45, 2.75) is 33.1 Å². The van der Waals surface area contributed by atoms with Gasteiger partial charge in [0.25, 0.3) is 0 Å². The normalized spacial score (nSPS) is 17.7. The maximum atomic E-state index is 2.47. The molecule has 0 fully saturated rings. The van der Waals surface area contributed by atoms with E-state index >= 15 is 0 Å². The second kappa shape index (κ2) is 6.47. The quantitative estimate of drug-likeness (QED) is 0.450. The smallest absolute Gasteiger partial charge is 0.0305 e. The number of hydrogen-bond donors (Lipinski definition) is 0. The minimum absolute atomic E-state index is 0.487. The molecule has 0 spiro atoms. The summed E-state index contributed by atoms with van der Waals surface area (Å²) in [5.41, 5.74) is 4.22. The maximum Gasteiger partial charge on any atom is 0.0305 e. The van der Waals surface area contributed by atoms with Crippen LogP contribution < -0.4 is 0 Å². The lowest BCUT2D eigenvalue weighted by atomic mass is 9.86. The number of allylic oxidation sites excluding steroid dienone is 4. The second-order valence-electron chi connectivity index (χ2n) is 6.41. The molecule has 1 aliphatic rings. The zero-order valence-corrected chi connectivity index (χ0v) is 16.6. The average Bonchev–Trinajstić information content (AvgIpc) is 3.28. The maximum absolute atomic E-state index is 2.47. The Hall–Kier alpha value is -1.42. The Morgan fingerprint density at radius 3 is 2.33 bits per heavy atom. The van der Waals surface area contributed by atoms with Crippen LogP contribution in [0, 0.1) is 20.8 Å². The highest BCUT2D eigenvalue weighted by atomic mass is 32.1. The molecule has 1 atom stereocenters. The number of rotatable bonds is 3. The van der Waals surface area contributed by atoms with E-state index in [0.717, 1.165) is 6.42 Å². The first kappa shape index (κ1) is 16.1. The summed E-state index contributed by atoms with van der Waals surface area (Å²) in [6.07, 6.45) is 5.98. The van der Waals surface area contributed by atoms with Gasteiger partial charge in [0.1, 0.15) is 0 Å². The van der Waals surface area contributed by atoms with Crippen molar-refractivity contribution in [3.63, 3.8) is 0 Å². The van der Waals surface area contributed by atoms with Crippen molar-refractivity contribution in [3.8, 4) is 0 Å². The van der Waals surface area contributed by atoms with Crippen LogP contribution in [0.25, 0.3) is 11.1 Å². The minimum atomic E-state index is 0.487. The van der Waals surface area contributed by atoms with Gasteiger partial charge in [-0.3, -0.25) is 0 Å². The van der Waals surface area contributed by atoms with Gasteiger partial charge < -0.3 is 0 Å². The van der Waals surface area contributed by atoms with Gasteiger partial charge in [0.15, 0.2) is 0 Å². The number of thiophene rings is 3. The Bertz CT molecular complexity index is 930. The van der Waals surface area contributed by atoms with Crippen LogP contribution in [-0.2, 0) is 0 Å². The average molecular weight is 369 g/mol. The van der Waals surface area contributed by atoms with Crippen molar-refractivity contribution in [2.24, 2.45) is 0 Å². The molecule has 0 aromatic carbocycles. The van der Waals surface area contributed by atoms with Gasteiger partial charge in [0, 0.05) is 30.3 Å². The van der Waals surface area contributed by atoms with E-state index in [9.17, 15) is 0 Å². The fourth-order valence-corrected chi connectivity index (χ4v) is 5.75. The van der Waals surface area contributed by atoms with Crippen LogP contribution in [0.3, 0.4) is 0 Å². The van der Waals surface area contributed by atoms with Crippen molar-refractivity contribution in [1.29, 1.82) is 0 Å². The third-order valence-electron chi connectivity index (χ3n) is 4.40. The molecule has 0 nitrogen and oxygen atoms in total. The molecule has 3 aromatic heterocycles. The summed E-state index contributed by atoms with van der Waals surface area (Å²) in [5, 5.41) is 2.29. The lowest BCUT2D eigenvalue weighted by Crippen LogP contribution is -2.01. The van der Waals surface area contributed by atoms with E-state index in [2.05, 4.69) is 68.6 Å². The molecule has 24 heavy (non-hydrogen) atoms. The zero-order valence-electron chi connectivity index (χ0n) is 14.1. The van der Waals surface area contributed by atoms with Gasteiger partial charge in [-0.25, -0.2) is 0 Å². The largest absolute Gasteiger partial charge is 0.149 e. The molecule has 0 saturated heterocycles. The minimum Gasteiger partial charge on any atom is -0.149 e. The van der Waals surface area contributed by atoms with Crippen LogP contribution in [0.15, 0.2) is 47.9 Å². The fraction of sp³-hybridized carbons (Fsp3) is 0.238. The van der Waals surface area contributed by atoms with Gasteiger partial charge in [-0.05, 0) is 85.7 Å². The lowest BCUT2D eigenvalue weighted by molar-refractivity contribution is 0.893. The van der Waals surface area contributed by atoms with Gasteiger partial charge in [-0.2, -0.15) is 0 Å². The van der Waals surface area contributed by atoms with Crippen molar-refractivity contribution < 1.29 is 0 Å². The fourth-order valence-electron chi connectivity index (χ4n) is 3.20. The molecule has 3 heteroatoms. The molecule has 3 aromatic rings. The Morgan fingerprint density at radius 1 is 0.917 bits per heavy atom. The third kappa shape index (κ3) is 3.21. The van der Waals surface area contributed by atoms with E-state index in [1.807, 2.05) is 34.0 Å². The molecule has 3 heterocycles. The summed E-state index contributed by atoms with van der Waals surface area (Å²) in [7, 11) is 0. The number of aryl methyl sites for hydroxylation is 3. The summed E-state index contributed by atoms with van der Waals surface area (Å²) >= 11 is 5.68. The number of hydrogen-bond acceptors (Lipinski definition) is 3.